The zero-order chi connectivity index (χ0) is 19.4. The summed E-state index contributed by atoms with van der Waals surface area (Å²) < 4.78 is 0. The molecule has 4 nitrogen and oxygen atoms in total. The minimum absolute atomic E-state index is 0.0597. The summed E-state index contributed by atoms with van der Waals surface area (Å²) in [4.78, 5) is 18.1. The Hall–Kier alpha value is -1.39. The minimum Gasteiger partial charge on any atom is -0.337 e. The summed E-state index contributed by atoms with van der Waals surface area (Å²) in [5.41, 5.74) is 7.49. The van der Waals surface area contributed by atoms with Crippen LogP contribution in [0.2, 0.25) is 0 Å². The van der Waals surface area contributed by atoms with Crippen molar-refractivity contribution in [3.05, 3.63) is 35.9 Å². The van der Waals surface area contributed by atoms with Crippen LogP contribution in [0, 0.1) is 11.8 Å². The predicted molar refractivity (Wildman–Crippen MR) is 111 cm³/mol. The lowest BCUT2D eigenvalue weighted by Crippen LogP contribution is -2.50. The second kappa shape index (κ2) is 9.20. The summed E-state index contributed by atoms with van der Waals surface area (Å²) in [5.74, 6) is 1.49. The van der Waals surface area contributed by atoms with Gasteiger partial charge in [0.05, 0.1) is 6.04 Å². The van der Waals surface area contributed by atoms with Gasteiger partial charge in [0, 0.05) is 31.7 Å². The monoisotopic (exact) mass is 371 g/mol. The SMILES string of the molecule is CC(C)C[C@H](CN)N1CCC(CCc2ccccc2)N2C[C@H](C)C[C@H]2C1=O. The van der Waals surface area contributed by atoms with Crippen molar-refractivity contribution in [2.75, 3.05) is 19.6 Å². The Balaban J connectivity index is 1.74. The van der Waals surface area contributed by atoms with Crippen LogP contribution < -0.4 is 5.73 Å². The molecule has 0 aliphatic carbocycles. The Morgan fingerprint density at radius 2 is 1.96 bits per heavy atom. The van der Waals surface area contributed by atoms with Crippen LogP contribution >= 0.6 is 0 Å². The average molecular weight is 372 g/mol. The number of fused-ring (bicyclic) bond motifs is 1. The first-order valence-corrected chi connectivity index (χ1v) is 10.8. The van der Waals surface area contributed by atoms with Crippen molar-refractivity contribution in [3.63, 3.8) is 0 Å². The fraction of sp³-hybridized carbons (Fsp3) is 0.696. The molecule has 1 aromatic rings. The number of hydrogen-bond donors (Lipinski definition) is 1. The molecular formula is C23H37N3O. The van der Waals surface area contributed by atoms with Crippen LogP contribution in [0.15, 0.2) is 30.3 Å². The Bertz CT molecular complexity index is 603. The van der Waals surface area contributed by atoms with Gasteiger partial charge in [-0.1, -0.05) is 51.1 Å². The standard InChI is InChI=1S/C23H37N3O/c1-17(2)13-21(15-24)25-12-11-20(10-9-19-7-5-4-6-8-19)26-16-18(3)14-22(26)23(25)27/h4-8,17-18,20-22H,9-16,24H2,1-3H3/t18-,20?,21-,22+/m1/s1. The number of rotatable bonds is 7. The molecule has 2 aliphatic rings. The maximum atomic E-state index is 13.4. The van der Waals surface area contributed by atoms with E-state index < -0.39 is 0 Å². The van der Waals surface area contributed by atoms with E-state index in [9.17, 15) is 4.79 Å². The molecule has 2 heterocycles. The van der Waals surface area contributed by atoms with E-state index in [2.05, 4.69) is 60.9 Å². The van der Waals surface area contributed by atoms with Gasteiger partial charge in [0.1, 0.15) is 0 Å². The number of aryl methyl sites for hydroxylation is 1. The molecule has 4 atom stereocenters. The first-order chi connectivity index (χ1) is 13.0. The fourth-order valence-electron chi connectivity index (χ4n) is 5.03. The van der Waals surface area contributed by atoms with Gasteiger partial charge in [-0.15, -0.1) is 0 Å². The van der Waals surface area contributed by atoms with Crippen LogP contribution in [-0.2, 0) is 11.2 Å². The number of amides is 1. The number of hydrogen-bond acceptors (Lipinski definition) is 3. The molecule has 1 aromatic carbocycles. The van der Waals surface area contributed by atoms with Gasteiger partial charge >= 0.3 is 0 Å². The largest absolute Gasteiger partial charge is 0.337 e. The number of carbonyl (C=O) groups is 1. The summed E-state index contributed by atoms with van der Waals surface area (Å²) in [5, 5.41) is 0. The molecule has 1 amide bonds. The number of carbonyl (C=O) groups excluding carboxylic acids is 1. The first kappa shape index (κ1) is 20.3. The van der Waals surface area contributed by atoms with Crippen molar-refractivity contribution in [3.8, 4) is 0 Å². The highest BCUT2D eigenvalue weighted by atomic mass is 16.2. The van der Waals surface area contributed by atoms with Crippen LogP contribution in [0.1, 0.15) is 52.0 Å². The fourth-order valence-corrected chi connectivity index (χ4v) is 5.03. The maximum absolute atomic E-state index is 13.4. The molecule has 150 valence electrons. The van der Waals surface area contributed by atoms with Gasteiger partial charge < -0.3 is 10.6 Å². The van der Waals surface area contributed by atoms with Gasteiger partial charge in [-0.3, -0.25) is 9.69 Å². The van der Waals surface area contributed by atoms with E-state index in [0.29, 0.717) is 30.3 Å². The van der Waals surface area contributed by atoms with E-state index in [1.54, 1.807) is 0 Å². The topological polar surface area (TPSA) is 49.6 Å². The zero-order valence-electron chi connectivity index (χ0n) is 17.3. The lowest BCUT2D eigenvalue weighted by Gasteiger charge is -2.33. The molecule has 2 fully saturated rings. The zero-order valence-corrected chi connectivity index (χ0v) is 17.3. The highest BCUT2D eigenvalue weighted by Crippen LogP contribution is 2.33. The predicted octanol–water partition coefficient (Wildman–Crippen LogP) is 3.30. The minimum atomic E-state index is 0.0597. The molecule has 0 radical (unpaired) electrons. The lowest BCUT2D eigenvalue weighted by molar-refractivity contribution is -0.137. The Kier molecular flexibility index (Phi) is 6.93. The third-order valence-corrected chi connectivity index (χ3v) is 6.35. The molecule has 2 N–H and O–H groups in total. The molecular weight excluding hydrogens is 334 g/mol. The van der Waals surface area contributed by atoms with E-state index in [-0.39, 0.29) is 12.1 Å². The van der Waals surface area contributed by atoms with E-state index in [1.807, 2.05) is 0 Å². The normalized spacial score (nSPS) is 27.7. The van der Waals surface area contributed by atoms with Crippen LogP contribution in [0.3, 0.4) is 0 Å². The number of benzene rings is 1. The van der Waals surface area contributed by atoms with E-state index in [1.165, 1.54) is 5.56 Å². The van der Waals surface area contributed by atoms with Gasteiger partial charge in [0.2, 0.25) is 5.91 Å². The molecule has 0 bridgehead atoms. The van der Waals surface area contributed by atoms with Crippen molar-refractivity contribution in [1.82, 2.24) is 9.80 Å². The molecule has 0 saturated carbocycles. The van der Waals surface area contributed by atoms with Crippen molar-refractivity contribution >= 4 is 5.91 Å². The smallest absolute Gasteiger partial charge is 0.240 e. The highest BCUT2D eigenvalue weighted by Gasteiger charge is 2.44. The van der Waals surface area contributed by atoms with Crippen LogP contribution in [0.5, 0.6) is 0 Å². The van der Waals surface area contributed by atoms with E-state index >= 15 is 0 Å². The molecule has 27 heavy (non-hydrogen) atoms. The summed E-state index contributed by atoms with van der Waals surface area (Å²) >= 11 is 0. The third-order valence-electron chi connectivity index (χ3n) is 6.35. The molecule has 2 saturated heterocycles. The average Bonchev–Trinajstić information content (AvgIpc) is 2.99. The Morgan fingerprint density at radius 1 is 1.22 bits per heavy atom. The first-order valence-electron chi connectivity index (χ1n) is 10.8. The second-order valence-corrected chi connectivity index (χ2v) is 9.07. The third kappa shape index (κ3) is 4.91. The Morgan fingerprint density at radius 3 is 2.63 bits per heavy atom. The lowest BCUT2D eigenvalue weighted by atomic mass is 10.00. The molecule has 4 heteroatoms. The van der Waals surface area contributed by atoms with Crippen LogP contribution in [-0.4, -0.2) is 53.5 Å². The summed E-state index contributed by atoms with van der Waals surface area (Å²) in [6.07, 6.45) is 5.28. The summed E-state index contributed by atoms with van der Waals surface area (Å²) in [6, 6.07) is 11.5. The molecule has 0 spiro atoms. The highest BCUT2D eigenvalue weighted by molar-refractivity contribution is 5.83. The van der Waals surface area contributed by atoms with Gasteiger partial charge in [0.25, 0.3) is 0 Å². The van der Waals surface area contributed by atoms with Crippen LogP contribution in [0.4, 0.5) is 0 Å². The second-order valence-electron chi connectivity index (χ2n) is 9.07. The van der Waals surface area contributed by atoms with Crippen molar-refractivity contribution in [2.24, 2.45) is 17.6 Å². The summed E-state index contributed by atoms with van der Waals surface area (Å²) in [6.45, 7) is 9.21. The summed E-state index contributed by atoms with van der Waals surface area (Å²) in [7, 11) is 0. The molecule has 1 unspecified atom stereocenters. The van der Waals surface area contributed by atoms with Crippen molar-refractivity contribution in [1.29, 1.82) is 0 Å². The van der Waals surface area contributed by atoms with Gasteiger partial charge in [-0.05, 0) is 49.5 Å². The Labute approximate surface area is 165 Å². The van der Waals surface area contributed by atoms with Crippen LogP contribution in [0.25, 0.3) is 0 Å². The quantitative estimate of drug-likeness (QED) is 0.800. The number of nitrogens with two attached hydrogens (primary N) is 1. The maximum Gasteiger partial charge on any atom is 0.240 e. The van der Waals surface area contributed by atoms with E-state index in [0.717, 1.165) is 45.2 Å². The number of nitrogens with zero attached hydrogens (tertiary/aromatic N) is 2. The van der Waals surface area contributed by atoms with Crippen molar-refractivity contribution < 1.29 is 4.79 Å². The van der Waals surface area contributed by atoms with E-state index in [4.69, 9.17) is 5.73 Å². The van der Waals surface area contributed by atoms with Gasteiger partial charge in [0.15, 0.2) is 0 Å². The molecule has 2 aliphatic heterocycles. The van der Waals surface area contributed by atoms with Gasteiger partial charge in [-0.25, -0.2) is 0 Å². The molecule has 3 rings (SSSR count). The van der Waals surface area contributed by atoms with Crippen molar-refractivity contribution in [2.45, 2.75) is 71.0 Å². The molecule has 0 aromatic heterocycles. The van der Waals surface area contributed by atoms with Gasteiger partial charge in [-0.2, -0.15) is 0 Å².